The van der Waals surface area contributed by atoms with Gasteiger partial charge < -0.3 is 15.0 Å². The van der Waals surface area contributed by atoms with Gasteiger partial charge in [0.25, 0.3) is 0 Å². The van der Waals surface area contributed by atoms with Gasteiger partial charge >= 0.3 is 0 Å². The van der Waals surface area contributed by atoms with Gasteiger partial charge in [0.1, 0.15) is 5.75 Å². The number of piperidine rings is 2. The summed E-state index contributed by atoms with van der Waals surface area (Å²) in [4.78, 5) is 16.2. The monoisotopic (exact) mass is 450 g/mol. The summed E-state index contributed by atoms with van der Waals surface area (Å²) in [7, 11) is 1.64. The van der Waals surface area contributed by atoms with Crippen molar-refractivity contribution in [2.75, 3.05) is 32.1 Å². The number of nitrogens with zero attached hydrogens (tertiary/aromatic N) is 1. The van der Waals surface area contributed by atoms with Crippen LogP contribution in [0.4, 0.5) is 5.69 Å². The van der Waals surface area contributed by atoms with Gasteiger partial charge in [-0.1, -0.05) is 12.5 Å². The molecule has 1 N–H and O–H groups in total. The number of ether oxygens (including phenoxy) is 1. The van der Waals surface area contributed by atoms with Crippen LogP contribution in [0.3, 0.4) is 0 Å². The lowest BCUT2D eigenvalue weighted by molar-refractivity contribution is 0.0553. The normalized spacial score (nSPS) is 21.6. The first kappa shape index (κ1) is 21.7. The summed E-state index contributed by atoms with van der Waals surface area (Å²) >= 11 is 1.70. The van der Waals surface area contributed by atoms with Crippen LogP contribution in [0.15, 0.2) is 35.1 Å². The van der Waals surface area contributed by atoms with Crippen LogP contribution >= 0.6 is 11.3 Å². The number of nitrogens with one attached hydrogen (secondary N) is 1. The second-order valence-electron chi connectivity index (χ2n) is 9.50. The van der Waals surface area contributed by atoms with Gasteiger partial charge in [-0.3, -0.25) is 4.79 Å². The Morgan fingerprint density at radius 3 is 2.88 bits per heavy atom. The zero-order valence-corrected chi connectivity index (χ0v) is 20.1. The number of benzene rings is 2. The third-order valence-electron chi connectivity index (χ3n) is 7.52. The van der Waals surface area contributed by atoms with Crippen LogP contribution in [0.5, 0.6) is 5.75 Å². The maximum Gasteiger partial charge on any atom is 0.198 e. The van der Waals surface area contributed by atoms with Gasteiger partial charge in [-0.05, 0) is 94.3 Å². The summed E-state index contributed by atoms with van der Waals surface area (Å²) in [5.41, 5.74) is 2.23. The highest BCUT2D eigenvalue weighted by molar-refractivity contribution is 7.24. The Kier molecular flexibility index (Phi) is 6.38. The molecule has 5 rings (SSSR count). The third-order valence-corrected chi connectivity index (χ3v) is 8.83. The Balaban J connectivity index is 1.34. The number of anilines is 1. The van der Waals surface area contributed by atoms with E-state index in [4.69, 9.17) is 4.74 Å². The van der Waals surface area contributed by atoms with Gasteiger partial charge in [-0.25, -0.2) is 0 Å². The standard InChI is InChI=1S/C27H34N2O2S/c1-18-10-12-22(25-26(30)21-17-20(31-2)11-13-24(21)32-27(18)25)28-14-5-7-19-8-6-16-29-15-4-3-9-23(19)29/h10-13,17,19,23,28H,3-9,14-16H2,1-2H3/t19-,23-/m1/s1. The molecule has 0 spiro atoms. The minimum Gasteiger partial charge on any atom is -0.497 e. The Bertz CT molecular complexity index is 1170. The fraction of sp³-hybridized carbons (Fsp3) is 0.519. The van der Waals surface area contributed by atoms with Gasteiger partial charge in [-0.2, -0.15) is 0 Å². The Morgan fingerprint density at radius 1 is 1.12 bits per heavy atom. The number of rotatable bonds is 6. The van der Waals surface area contributed by atoms with E-state index in [1.165, 1.54) is 51.6 Å². The van der Waals surface area contributed by atoms with Gasteiger partial charge in [-0.15, -0.1) is 11.3 Å². The molecule has 4 nitrogen and oxygen atoms in total. The molecule has 2 saturated heterocycles. The van der Waals surface area contributed by atoms with E-state index in [1.807, 2.05) is 18.2 Å². The summed E-state index contributed by atoms with van der Waals surface area (Å²) in [5.74, 6) is 1.57. The molecule has 5 heteroatoms. The molecule has 1 aromatic heterocycles. The molecule has 2 aliphatic rings. The predicted octanol–water partition coefficient (Wildman–Crippen LogP) is 6.19. The topological polar surface area (TPSA) is 41.6 Å². The number of hydrogen-bond acceptors (Lipinski definition) is 5. The molecular formula is C27H34N2O2S. The summed E-state index contributed by atoms with van der Waals surface area (Å²) in [6.07, 6.45) is 9.35. The largest absolute Gasteiger partial charge is 0.497 e. The number of aryl methyl sites for hydroxylation is 1. The van der Waals surface area contributed by atoms with Crippen molar-refractivity contribution in [2.45, 2.75) is 57.9 Å². The molecule has 0 bridgehead atoms. The highest BCUT2D eigenvalue weighted by Gasteiger charge is 2.32. The number of fused-ring (bicyclic) bond motifs is 3. The summed E-state index contributed by atoms with van der Waals surface area (Å²) in [6, 6.07) is 10.8. The zero-order valence-electron chi connectivity index (χ0n) is 19.3. The van der Waals surface area contributed by atoms with Gasteiger partial charge in [0, 0.05) is 33.1 Å². The maximum absolute atomic E-state index is 13.5. The second-order valence-corrected chi connectivity index (χ2v) is 10.6. The van der Waals surface area contributed by atoms with Crippen molar-refractivity contribution in [1.82, 2.24) is 4.90 Å². The van der Waals surface area contributed by atoms with Gasteiger partial charge in [0.05, 0.1) is 12.5 Å². The molecule has 0 radical (unpaired) electrons. The summed E-state index contributed by atoms with van der Waals surface area (Å²) in [6.45, 7) is 5.62. The molecule has 2 aromatic carbocycles. The van der Waals surface area contributed by atoms with Crippen LogP contribution in [0.25, 0.3) is 20.2 Å². The lowest BCUT2D eigenvalue weighted by atomic mass is 9.81. The van der Waals surface area contributed by atoms with Crippen molar-refractivity contribution in [3.8, 4) is 5.75 Å². The van der Waals surface area contributed by atoms with Crippen molar-refractivity contribution >= 4 is 37.2 Å². The molecule has 2 atom stereocenters. The number of methoxy groups -OCH3 is 1. The Hall–Kier alpha value is -2.11. The van der Waals surface area contributed by atoms with E-state index in [9.17, 15) is 4.79 Å². The molecule has 3 aromatic rings. The summed E-state index contributed by atoms with van der Waals surface area (Å²) < 4.78 is 7.46. The minimum atomic E-state index is 0.101. The molecule has 2 aliphatic heterocycles. The van der Waals surface area contributed by atoms with Crippen LogP contribution in [0, 0.1) is 12.8 Å². The highest BCUT2D eigenvalue weighted by Crippen LogP contribution is 2.35. The first-order valence-corrected chi connectivity index (χ1v) is 13.0. The average Bonchev–Trinajstić information content (AvgIpc) is 2.83. The van der Waals surface area contributed by atoms with Crippen molar-refractivity contribution in [2.24, 2.45) is 5.92 Å². The quantitative estimate of drug-likeness (QED) is 0.359. The molecule has 3 heterocycles. The van der Waals surface area contributed by atoms with E-state index >= 15 is 0 Å². The van der Waals surface area contributed by atoms with E-state index in [0.717, 1.165) is 62.1 Å². The lowest BCUT2D eigenvalue weighted by Gasteiger charge is -2.44. The average molecular weight is 451 g/mol. The minimum absolute atomic E-state index is 0.101. The summed E-state index contributed by atoms with van der Waals surface area (Å²) in [5, 5.41) is 5.19. The van der Waals surface area contributed by atoms with Crippen LogP contribution < -0.4 is 15.5 Å². The van der Waals surface area contributed by atoms with Crippen molar-refractivity contribution in [1.29, 1.82) is 0 Å². The fourth-order valence-corrected chi connectivity index (χ4v) is 6.99. The van der Waals surface area contributed by atoms with Crippen LogP contribution in [0.2, 0.25) is 0 Å². The molecule has 32 heavy (non-hydrogen) atoms. The molecular weight excluding hydrogens is 416 g/mol. The van der Waals surface area contributed by atoms with E-state index in [2.05, 4.69) is 29.3 Å². The van der Waals surface area contributed by atoms with E-state index in [0.29, 0.717) is 0 Å². The SMILES string of the molecule is COc1ccc2sc3c(C)ccc(NCCC[C@@H]4CCCN5CCCC[C@H]45)c3c(=O)c2c1. The van der Waals surface area contributed by atoms with E-state index < -0.39 is 0 Å². The molecule has 0 amide bonds. The Morgan fingerprint density at radius 2 is 2.00 bits per heavy atom. The highest BCUT2D eigenvalue weighted by atomic mass is 32.1. The van der Waals surface area contributed by atoms with Gasteiger partial charge in [0.15, 0.2) is 5.43 Å². The van der Waals surface area contributed by atoms with E-state index in [-0.39, 0.29) is 5.43 Å². The Labute approximate surface area is 194 Å². The fourth-order valence-electron chi connectivity index (χ4n) is 5.84. The van der Waals surface area contributed by atoms with Crippen LogP contribution in [-0.2, 0) is 0 Å². The van der Waals surface area contributed by atoms with Crippen molar-refractivity contribution in [3.63, 3.8) is 0 Å². The smallest absolute Gasteiger partial charge is 0.198 e. The van der Waals surface area contributed by atoms with Gasteiger partial charge in [0.2, 0.25) is 0 Å². The van der Waals surface area contributed by atoms with E-state index in [1.54, 1.807) is 18.4 Å². The van der Waals surface area contributed by atoms with Crippen LogP contribution in [-0.4, -0.2) is 37.7 Å². The lowest BCUT2D eigenvalue weighted by Crippen LogP contribution is -2.47. The maximum atomic E-state index is 13.5. The van der Waals surface area contributed by atoms with Crippen molar-refractivity contribution in [3.05, 3.63) is 46.1 Å². The van der Waals surface area contributed by atoms with Crippen molar-refractivity contribution < 1.29 is 4.74 Å². The third kappa shape index (κ3) is 4.13. The second kappa shape index (κ2) is 9.40. The predicted molar refractivity (Wildman–Crippen MR) is 137 cm³/mol. The molecule has 0 unspecified atom stereocenters. The van der Waals surface area contributed by atoms with Crippen LogP contribution in [0.1, 0.15) is 50.5 Å². The first-order chi connectivity index (χ1) is 15.7. The zero-order chi connectivity index (χ0) is 22.1. The molecule has 2 fully saturated rings. The number of hydrogen-bond donors (Lipinski definition) is 1. The molecule has 170 valence electrons. The molecule has 0 saturated carbocycles. The molecule has 0 aliphatic carbocycles. The first-order valence-electron chi connectivity index (χ1n) is 12.2.